The highest BCUT2D eigenvalue weighted by atomic mass is 16.5. The Morgan fingerprint density at radius 3 is 2.68 bits per heavy atom. The maximum atomic E-state index is 12.7. The summed E-state index contributed by atoms with van der Waals surface area (Å²) in [4.78, 5) is 29.0. The van der Waals surface area contributed by atoms with Crippen molar-refractivity contribution in [3.05, 3.63) is 72.1 Å². The molecule has 0 unspecified atom stereocenters. The molecular weight excluding hydrogens is 440 g/mol. The molecule has 0 aliphatic carbocycles. The van der Waals surface area contributed by atoms with E-state index in [4.69, 9.17) is 20.3 Å². The van der Waals surface area contributed by atoms with E-state index >= 15 is 0 Å². The maximum Gasteiger partial charge on any atom is 0.407 e. The van der Waals surface area contributed by atoms with E-state index in [9.17, 15) is 9.59 Å². The smallest absolute Gasteiger partial charge is 0.407 e. The molecule has 3 rings (SSSR count). The number of nitrogens with two attached hydrogens (primary N) is 1. The first kappa shape index (κ1) is 25.1. The number of fused-ring (bicyclic) bond motifs is 1. The van der Waals surface area contributed by atoms with Crippen molar-refractivity contribution in [2.45, 2.75) is 38.6 Å². The number of rotatable bonds is 11. The monoisotopic (exact) mass is 471 g/mol. The molecule has 1 aromatic carbocycles. The molecule has 34 heavy (non-hydrogen) atoms. The molecule has 2 amide bonds. The highest BCUT2D eigenvalue weighted by Gasteiger charge is 2.31. The summed E-state index contributed by atoms with van der Waals surface area (Å²) in [5, 5.41) is 14.2. The van der Waals surface area contributed by atoms with Crippen molar-refractivity contribution in [3.63, 3.8) is 0 Å². The third-order valence-corrected chi connectivity index (χ3v) is 4.89. The number of aliphatic hydroxyl groups excluding tert-OH is 1. The minimum atomic E-state index is -1.10. The second-order valence-corrected chi connectivity index (χ2v) is 8.27. The lowest BCUT2D eigenvalue weighted by Crippen LogP contribution is -2.51. The van der Waals surface area contributed by atoms with Gasteiger partial charge in [-0.15, -0.1) is 9.03 Å². The topological polar surface area (TPSA) is 144 Å². The highest BCUT2D eigenvalue weighted by molar-refractivity contribution is 5.85. The number of carbonyl (C=O) groups excluding carboxylic acids is 2. The first-order valence-corrected chi connectivity index (χ1v) is 10.9. The standard InChI is InChI=1S/C23H30N6O5/c1-23(2,24)21(31)27-19(15-33-13-17-7-4-3-5-8-17)20-26-16-28-11-6-9-18(29(20)28)14-34-22(32)25-10-12-30/h3-9,11,16,19,30H,10,12-15,24H2,1-2H3,(H-,25,27,31,32)/p+1/t19-/m1/s1. The molecular formula is C23H31N6O5+. The molecule has 5 N–H and O–H groups in total. The van der Waals surface area contributed by atoms with Gasteiger partial charge in [0.25, 0.3) is 5.82 Å². The number of amides is 2. The van der Waals surface area contributed by atoms with Crippen LogP contribution < -0.4 is 20.9 Å². The van der Waals surface area contributed by atoms with E-state index in [0.29, 0.717) is 18.1 Å². The number of nitrogens with one attached hydrogen (secondary N) is 2. The van der Waals surface area contributed by atoms with Crippen molar-refractivity contribution in [2.75, 3.05) is 19.8 Å². The molecule has 0 saturated heterocycles. The van der Waals surface area contributed by atoms with Crippen LogP contribution in [0.5, 0.6) is 0 Å². The van der Waals surface area contributed by atoms with Gasteiger partial charge in [-0.1, -0.05) is 30.3 Å². The first-order valence-electron chi connectivity index (χ1n) is 10.9. The lowest BCUT2D eigenvalue weighted by Gasteiger charge is -2.22. The molecule has 0 radical (unpaired) electrons. The van der Waals surface area contributed by atoms with Crippen LogP contribution in [-0.2, 0) is 27.5 Å². The zero-order valence-corrected chi connectivity index (χ0v) is 19.3. The number of carbonyl (C=O) groups is 2. The third kappa shape index (κ3) is 6.73. The van der Waals surface area contributed by atoms with Crippen LogP contribution in [0.3, 0.4) is 0 Å². The molecule has 0 bridgehead atoms. The molecule has 0 spiro atoms. The van der Waals surface area contributed by atoms with Crippen molar-refractivity contribution in [1.82, 2.24) is 20.1 Å². The number of benzene rings is 1. The summed E-state index contributed by atoms with van der Waals surface area (Å²) >= 11 is 0. The average Bonchev–Trinajstić information content (AvgIpc) is 3.25. The normalized spacial score (nSPS) is 12.4. The Morgan fingerprint density at radius 2 is 1.97 bits per heavy atom. The first-order chi connectivity index (χ1) is 16.3. The predicted molar refractivity (Wildman–Crippen MR) is 121 cm³/mol. The van der Waals surface area contributed by atoms with Gasteiger partial charge in [-0.3, -0.25) is 4.79 Å². The molecule has 2 aromatic heterocycles. The number of nitrogens with zero attached hydrogens (tertiary/aromatic N) is 3. The zero-order chi connectivity index (χ0) is 24.6. The van der Waals surface area contributed by atoms with Crippen molar-refractivity contribution in [1.29, 1.82) is 0 Å². The van der Waals surface area contributed by atoms with Crippen LogP contribution in [0.4, 0.5) is 4.79 Å². The molecule has 11 nitrogen and oxygen atoms in total. The van der Waals surface area contributed by atoms with Crippen LogP contribution in [0.15, 0.2) is 55.0 Å². The largest absolute Gasteiger partial charge is 0.443 e. The van der Waals surface area contributed by atoms with Gasteiger partial charge in [-0.2, -0.15) is 0 Å². The van der Waals surface area contributed by atoms with Crippen LogP contribution in [0.1, 0.15) is 37.0 Å². The van der Waals surface area contributed by atoms with Gasteiger partial charge in [0.2, 0.25) is 5.91 Å². The van der Waals surface area contributed by atoms with Crippen LogP contribution in [0.25, 0.3) is 0 Å². The summed E-state index contributed by atoms with van der Waals surface area (Å²) in [6.45, 7) is 3.59. The summed E-state index contributed by atoms with van der Waals surface area (Å²) in [6, 6.07) is 12.6. The number of aliphatic hydroxyl groups is 1. The van der Waals surface area contributed by atoms with E-state index < -0.39 is 17.7 Å². The summed E-state index contributed by atoms with van der Waals surface area (Å²) in [5.41, 5.74) is 6.51. The molecule has 0 aliphatic rings. The number of alkyl carbamates (subject to hydrolysis) is 1. The molecule has 11 heteroatoms. The van der Waals surface area contributed by atoms with Gasteiger partial charge in [0.15, 0.2) is 0 Å². The van der Waals surface area contributed by atoms with Gasteiger partial charge in [0.1, 0.15) is 24.5 Å². The summed E-state index contributed by atoms with van der Waals surface area (Å²) in [7, 11) is 0. The van der Waals surface area contributed by atoms with Crippen molar-refractivity contribution in [3.8, 4) is 0 Å². The minimum absolute atomic E-state index is 0.0567. The van der Waals surface area contributed by atoms with Gasteiger partial charge >= 0.3 is 12.4 Å². The average molecular weight is 472 g/mol. The Balaban J connectivity index is 1.84. The summed E-state index contributed by atoms with van der Waals surface area (Å²) in [6.07, 6.45) is 2.72. The number of aromatic nitrogens is 3. The molecule has 182 valence electrons. The van der Waals surface area contributed by atoms with Gasteiger partial charge in [0.05, 0.1) is 25.4 Å². The van der Waals surface area contributed by atoms with Gasteiger partial charge in [-0.25, -0.2) is 4.79 Å². The highest BCUT2D eigenvalue weighted by Crippen LogP contribution is 2.14. The van der Waals surface area contributed by atoms with Gasteiger partial charge in [-0.05, 0) is 36.5 Å². The van der Waals surface area contributed by atoms with E-state index in [1.165, 1.54) is 0 Å². The van der Waals surface area contributed by atoms with Gasteiger partial charge in [0, 0.05) is 6.54 Å². The number of ether oxygens (including phenoxy) is 2. The fraction of sp³-hybridized carbons (Fsp3) is 0.391. The Morgan fingerprint density at radius 1 is 1.21 bits per heavy atom. The second-order valence-electron chi connectivity index (χ2n) is 8.27. The van der Waals surface area contributed by atoms with E-state index in [-0.39, 0.29) is 32.3 Å². The summed E-state index contributed by atoms with van der Waals surface area (Å²) in [5.74, 6) is 0.125. The fourth-order valence-corrected chi connectivity index (χ4v) is 3.15. The van der Waals surface area contributed by atoms with Crippen LogP contribution >= 0.6 is 0 Å². The molecule has 2 heterocycles. The molecule has 1 atom stereocenters. The number of hydrogen-bond acceptors (Lipinski definition) is 7. The zero-order valence-electron chi connectivity index (χ0n) is 19.3. The van der Waals surface area contributed by atoms with E-state index in [0.717, 1.165) is 5.56 Å². The molecule has 3 aromatic rings. The summed E-state index contributed by atoms with van der Waals surface area (Å²) < 4.78 is 14.6. The van der Waals surface area contributed by atoms with E-state index in [2.05, 4.69) is 15.6 Å². The van der Waals surface area contributed by atoms with Crippen LogP contribution in [0, 0.1) is 0 Å². The Labute approximate surface area is 197 Å². The Bertz CT molecular complexity index is 1100. The fourth-order valence-electron chi connectivity index (χ4n) is 3.15. The SMILES string of the molecule is CC(C)(N)C(=O)N[C@H](COCc1ccccc1)c1nc[n+]2cccc(COC(=O)NCCO)n12. The van der Waals surface area contributed by atoms with Gasteiger partial charge < -0.3 is 30.9 Å². The lowest BCUT2D eigenvalue weighted by atomic mass is 10.1. The predicted octanol–water partition coefficient (Wildman–Crippen LogP) is 0.250. The second kappa shape index (κ2) is 11.5. The molecule has 0 aliphatic heterocycles. The molecule has 0 saturated carbocycles. The van der Waals surface area contributed by atoms with Crippen molar-refractivity contribution < 1.29 is 28.7 Å². The molecule has 0 fully saturated rings. The van der Waals surface area contributed by atoms with Crippen molar-refractivity contribution in [2.24, 2.45) is 5.73 Å². The van der Waals surface area contributed by atoms with Crippen LogP contribution in [-0.4, -0.2) is 51.9 Å². The minimum Gasteiger partial charge on any atom is -0.443 e. The lowest BCUT2D eigenvalue weighted by molar-refractivity contribution is -0.620. The number of hydrogen-bond donors (Lipinski definition) is 4. The van der Waals surface area contributed by atoms with E-state index in [1.807, 2.05) is 30.3 Å². The van der Waals surface area contributed by atoms with Crippen LogP contribution in [0.2, 0.25) is 0 Å². The maximum absolute atomic E-state index is 12.7. The third-order valence-electron chi connectivity index (χ3n) is 4.89. The Kier molecular flexibility index (Phi) is 8.52. The Hall–Kier alpha value is -3.54. The van der Waals surface area contributed by atoms with E-state index in [1.54, 1.807) is 47.5 Å². The quantitative estimate of drug-likeness (QED) is 0.293. The van der Waals surface area contributed by atoms with Crippen molar-refractivity contribution >= 4 is 12.0 Å².